The van der Waals surface area contributed by atoms with Crippen molar-refractivity contribution in [2.24, 2.45) is 11.8 Å². The number of carbonyl (C=O) groups is 1. The van der Waals surface area contributed by atoms with E-state index >= 15 is 0 Å². The third-order valence-corrected chi connectivity index (χ3v) is 2.87. The molecule has 2 heteroatoms. The van der Waals surface area contributed by atoms with Gasteiger partial charge < -0.3 is 4.74 Å². The molecular formula is C12H24O2. The van der Waals surface area contributed by atoms with Crippen LogP contribution in [0.15, 0.2) is 0 Å². The monoisotopic (exact) mass is 200 g/mol. The summed E-state index contributed by atoms with van der Waals surface area (Å²) in [5.41, 5.74) is 0. The van der Waals surface area contributed by atoms with Gasteiger partial charge in [0.1, 0.15) is 0 Å². The molecule has 0 aliphatic heterocycles. The summed E-state index contributed by atoms with van der Waals surface area (Å²) in [6.07, 6.45) is 4.77. The van der Waals surface area contributed by atoms with E-state index < -0.39 is 0 Å². The predicted octanol–water partition coefficient (Wildman–Crippen LogP) is 3.40. The van der Waals surface area contributed by atoms with E-state index in [1.807, 2.05) is 0 Å². The summed E-state index contributed by atoms with van der Waals surface area (Å²) in [4.78, 5) is 10.6. The molecule has 0 aliphatic carbocycles. The van der Waals surface area contributed by atoms with Crippen molar-refractivity contribution in [3.63, 3.8) is 0 Å². The first-order valence-electron chi connectivity index (χ1n) is 5.75. The van der Waals surface area contributed by atoms with E-state index in [0.717, 1.165) is 12.3 Å². The summed E-state index contributed by atoms with van der Waals surface area (Å²) in [7, 11) is 0. The van der Waals surface area contributed by atoms with Crippen molar-refractivity contribution >= 4 is 5.97 Å². The van der Waals surface area contributed by atoms with Crippen LogP contribution in [-0.2, 0) is 9.53 Å². The highest BCUT2D eigenvalue weighted by Crippen LogP contribution is 2.23. The molecule has 0 amide bonds. The lowest BCUT2D eigenvalue weighted by atomic mass is 9.86. The summed E-state index contributed by atoms with van der Waals surface area (Å²) in [5, 5.41) is 0. The lowest BCUT2D eigenvalue weighted by molar-refractivity contribution is -0.141. The molecule has 0 spiro atoms. The second-order valence-corrected chi connectivity index (χ2v) is 4.06. The molecule has 14 heavy (non-hydrogen) atoms. The van der Waals surface area contributed by atoms with Gasteiger partial charge in [-0.25, -0.2) is 0 Å². The van der Waals surface area contributed by atoms with Crippen LogP contribution in [0.25, 0.3) is 0 Å². The smallest absolute Gasteiger partial charge is 0.302 e. The molecule has 0 radical (unpaired) electrons. The number of ether oxygens (including phenoxy) is 1. The van der Waals surface area contributed by atoms with E-state index in [2.05, 4.69) is 20.8 Å². The SMILES string of the molecule is CCCC(CC)C(C)CCOC(C)=O. The number of esters is 1. The van der Waals surface area contributed by atoms with Crippen molar-refractivity contribution < 1.29 is 9.53 Å². The Bertz CT molecular complexity index is 154. The summed E-state index contributed by atoms with van der Waals surface area (Å²) in [5.74, 6) is 1.29. The zero-order chi connectivity index (χ0) is 11.0. The molecular weight excluding hydrogens is 176 g/mol. The van der Waals surface area contributed by atoms with Crippen LogP contribution in [0.4, 0.5) is 0 Å². The first-order chi connectivity index (χ1) is 6.61. The van der Waals surface area contributed by atoms with Gasteiger partial charge in [-0.15, -0.1) is 0 Å². The summed E-state index contributed by atoms with van der Waals surface area (Å²) < 4.78 is 4.95. The molecule has 2 atom stereocenters. The standard InChI is InChI=1S/C12H24O2/c1-5-7-12(6-2)10(3)8-9-14-11(4)13/h10,12H,5-9H2,1-4H3. The van der Waals surface area contributed by atoms with Crippen LogP contribution < -0.4 is 0 Å². The van der Waals surface area contributed by atoms with Gasteiger partial charge in [-0.3, -0.25) is 4.79 Å². The second kappa shape index (κ2) is 7.84. The number of hydrogen-bond acceptors (Lipinski definition) is 2. The summed E-state index contributed by atoms with van der Waals surface area (Å²) in [6, 6.07) is 0. The van der Waals surface area contributed by atoms with E-state index in [1.165, 1.54) is 26.2 Å². The average Bonchev–Trinajstić information content (AvgIpc) is 2.13. The van der Waals surface area contributed by atoms with Crippen LogP contribution in [0, 0.1) is 11.8 Å². The highest BCUT2D eigenvalue weighted by molar-refractivity contribution is 5.65. The molecule has 0 aromatic rings. The highest BCUT2D eigenvalue weighted by atomic mass is 16.5. The minimum Gasteiger partial charge on any atom is -0.466 e. The number of hydrogen-bond donors (Lipinski definition) is 0. The van der Waals surface area contributed by atoms with Crippen LogP contribution in [0.1, 0.15) is 53.4 Å². The third kappa shape index (κ3) is 6.01. The van der Waals surface area contributed by atoms with Gasteiger partial charge in [-0.2, -0.15) is 0 Å². The Morgan fingerprint density at radius 2 is 1.93 bits per heavy atom. The van der Waals surface area contributed by atoms with Crippen molar-refractivity contribution in [3.05, 3.63) is 0 Å². The van der Waals surface area contributed by atoms with Crippen LogP contribution in [0.3, 0.4) is 0 Å². The average molecular weight is 200 g/mol. The molecule has 0 aliphatic rings. The zero-order valence-electron chi connectivity index (χ0n) is 10.0. The fourth-order valence-corrected chi connectivity index (χ4v) is 1.89. The molecule has 0 aromatic carbocycles. The summed E-state index contributed by atoms with van der Waals surface area (Å²) in [6.45, 7) is 8.77. The van der Waals surface area contributed by atoms with Crippen molar-refractivity contribution in [2.45, 2.75) is 53.4 Å². The van der Waals surface area contributed by atoms with Crippen LogP contribution >= 0.6 is 0 Å². The van der Waals surface area contributed by atoms with Crippen molar-refractivity contribution in [1.29, 1.82) is 0 Å². The Hall–Kier alpha value is -0.530. The summed E-state index contributed by atoms with van der Waals surface area (Å²) >= 11 is 0. The molecule has 0 fully saturated rings. The topological polar surface area (TPSA) is 26.3 Å². The van der Waals surface area contributed by atoms with Crippen molar-refractivity contribution in [2.75, 3.05) is 6.61 Å². The molecule has 0 saturated carbocycles. The molecule has 2 nitrogen and oxygen atoms in total. The molecule has 0 bridgehead atoms. The van der Waals surface area contributed by atoms with Gasteiger partial charge in [-0.1, -0.05) is 40.0 Å². The van der Waals surface area contributed by atoms with E-state index in [0.29, 0.717) is 12.5 Å². The largest absolute Gasteiger partial charge is 0.466 e. The molecule has 0 aromatic heterocycles. The molecule has 2 unspecified atom stereocenters. The van der Waals surface area contributed by atoms with E-state index in [-0.39, 0.29) is 5.97 Å². The highest BCUT2D eigenvalue weighted by Gasteiger charge is 2.14. The van der Waals surface area contributed by atoms with Crippen LogP contribution in [0.5, 0.6) is 0 Å². The lowest BCUT2D eigenvalue weighted by Gasteiger charge is -2.21. The van der Waals surface area contributed by atoms with Crippen LogP contribution in [-0.4, -0.2) is 12.6 Å². The second-order valence-electron chi connectivity index (χ2n) is 4.06. The Morgan fingerprint density at radius 3 is 2.36 bits per heavy atom. The van der Waals surface area contributed by atoms with Gasteiger partial charge >= 0.3 is 5.97 Å². The Labute approximate surface area is 88.0 Å². The van der Waals surface area contributed by atoms with E-state index in [1.54, 1.807) is 0 Å². The number of carbonyl (C=O) groups excluding carboxylic acids is 1. The van der Waals surface area contributed by atoms with E-state index in [4.69, 9.17) is 4.74 Å². The third-order valence-electron chi connectivity index (χ3n) is 2.87. The molecule has 0 N–H and O–H groups in total. The first kappa shape index (κ1) is 13.5. The van der Waals surface area contributed by atoms with Gasteiger partial charge in [0.05, 0.1) is 6.61 Å². The molecule has 84 valence electrons. The lowest BCUT2D eigenvalue weighted by Crippen LogP contribution is -2.14. The minimum absolute atomic E-state index is 0.166. The number of rotatable bonds is 7. The van der Waals surface area contributed by atoms with Crippen molar-refractivity contribution in [1.82, 2.24) is 0 Å². The Balaban J connectivity index is 3.68. The molecule has 0 rings (SSSR count). The molecule has 0 heterocycles. The zero-order valence-corrected chi connectivity index (χ0v) is 10.0. The maximum Gasteiger partial charge on any atom is 0.302 e. The van der Waals surface area contributed by atoms with Gasteiger partial charge in [0.25, 0.3) is 0 Å². The Kier molecular flexibility index (Phi) is 7.54. The van der Waals surface area contributed by atoms with E-state index in [9.17, 15) is 4.79 Å². The molecule has 0 saturated heterocycles. The fourth-order valence-electron chi connectivity index (χ4n) is 1.89. The van der Waals surface area contributed by atoms with Gasteiger partial charge in [0, 0.05) is 6.92 Å². The minimum atomic E-state index is -0.166. The maximum absolute atomic E-state index is 10.6. The first-order valence-corrected chi connectivity index (χ1v) is 5.75. The van der Waals surface area contributed by atoms with Gasteiger partial charge in [-0.05, 0) is 18.3 Å². The van der Waals surface area contributed by atoms with Crippen LogP contribution in [0.2, 0.25) is 0 Å². The van der Waals surface area contributed by atoms with Gasteiger partial charge in [0.15, 0.2) is 0 Å². The normalized spacial score (nSPS) is 14.9. The van der Waals surface area contributed by atoms with Gasteiger partial charge in [0.2, 0.25) is 0 Å². The van der Waals surface area contributed by atoms with Crippen molar-refractivity contribution in [3.8, 4) is 0 Å². The predicted molar refractivity (Wildman–Crippen MR) is 59.1 cm³/mol. The fraction of sp³-hybridized carbons (Fsp3) is 0.917. The quantitative estimate of drug-likeness (QED) is 0.589. The maximum atomic E-state index is 10.6. The Morgan fingerprint density at radius 1 is 1.29 bits per heavy atom.